The molecule has 0 spiro atoms. The maximum absolute atomic E-state index is 12.3. The van der Waals surface area contributed by atoms with E-state index in [1.807, 2.05) is 44.2 Å². The van der Waals surface area contributed by atoms with Gasteiger partial charge in [0.05, 0.1) is 10.0 Å². The molecule has 5 rings (SSSR count). The van der Waals surface area contributed by atoms with E-state index in [1.54, 1.807) is 30.3 Å². The topological polar surface area (TPSA) is 80.3 Å². The van der Waals surface area contributed by atoms with Crippen LogP contribution < -0.4 is 10.6 Å². The van der Waals surface area contributed by atoms with E-state index in [0.29, 0.717) is 38.7 Å². The molecule has 190 valence electrons. The molecule has 0 bridgehead atoms. The smallest absolute Gasteiger partial charge is 0.250 e. The molecule has 1 amide bonds. The molecule has 2 N–H and O–H groups in total. The van der Waals surface area contributed by atoms with E-state index in [9.17, 15) is 4.79 Å². The van der Waals surface area contributed by atoms with Gasteiger partial charge in [-0.15, -0.1) is 0 Å². The van der Waals surface area contributed by atoms with Crippen molar-refractivity contribution in [2.75, 3.05) is 5.32 Å². The number of aryl methyl sites for hydroxylation is 2. The number of nitrogens with one attached hydrogen (secondary N) is 2. The number of hydrogen-bond acceptors (Lipinski definition) is 5. The average Bonchev–Trinajstić information content (AvgIpc) is 3.52. The normalized spacial score (nSPS) is 11.3. The number of oxazole rings is 1. The Balaban J connectivity index is 1.18. The van der Waals surface area contributed by atoms with Crippen LogP contribution in [-0.4, -0.2) is 16.0 Å². The third-order valence-corrected chi connectivity index (χ3v) is 6.71. The van der Waals surface area contributed by atoms with Crippen LogP contribution >= 0.6 is 35.4 Å². The van der Waals surface area contributed by atoms with Crippen LogP contribution in [0.2, 0.25) is 10.0 Å². The molecule has 0 aliphatic heterocycles. The van der Waals surface area contributed by atoms with Crippen molar-refractivity contribution in [1.82, 2.24) is 10.3 Å². The van der Waals surface area contributed by atoms with Crippen molar-refractivity contribution in [2.24, 2.45) is 0 Å². The zero-order valence-electron chi connectivity index (χ0n) is 20.3. The Morgan fingerprint density at radius 3 is 2.58 bits per heavy atom. The highest BCUT2D eigenvalue weighted by Gasteiger charge is 2.12. The van der Waals surface area contributed by atoms with Gasteiger partial charge in [0.25, 0.3) is 0 Å². The lowest BCUT2D eigenvalue weighted by atomic mass is 10.1. The summed E-state index contributed by atoms with van der Waals surface area (Å²) in [6.07, 6.45) is 2.87. The van der Waals surface area contributed by atoms with Crippen LogP contribution in [0.25, 0.3) is 40.0 Å². The minimum absolute atomic E-state index is 0.159. The molecule has 0 fully saturated rings. The van der Waals surface area contributed by atoms with Crippen molar-refractivity contribution >= 4 is 69.3 Å². The average molecular weight is 562 g/mol. The first-order chi connectivity index (χ1) is 18.3. The van der Waals surface area contributed by atoms with E-state index in [4.69, 9.17) is 44.3 Å². The summed E-state index contributed by atoms with van der Waals surface area (Å²) in [4.78, 5) is 17.0. The van der Waals surface area contributed by atoms with Crippen molar-refractivity contribution in [3.8, 4) is 22.8 Å². The lowest BCUT2D eigenvalue weighted by Crippen LogP contribution is -2.32. The molecule has 2 aromatic heterocycles. The van der Waals surface area contributed by atoms with E-state index >= 15 is 0 Å². The number of carbonyl (C=O) groups excluding carboxylic acids is 1. The standard InChI is InChI=1S/C29H21Cl2N3O3S/c1-16-14-17(2)27-23(15-16)33-28(37-27)18-6-8-19(9-7-18)32-29(38)34-25(35)13-11-20-10-12-24(36-20)21-4-3-5-22(30)26(21)31/h3-15H,1-2H3,(H2,32,34,35,38). The molecule has 3 aromatic carbocycles. The van der Waals surface area contributed by atoms with Crippen LogP contribution in [0.5, 0.6) is 0 Å². The number of nitrogens with zero attached hydrogens (tertiary/aromatic N) is 1. The highest BCUT2D eigenvalue weighted by Crippen LogP contribution is 2.34. The van der Waals surface area contributed by atoms with Crippen LogP contribution in [-0.2, 0) is 4.79 Å². The molecule has 0 saturated heterocycles. The van der Waals surface area contributed by atoms with Crippen LogP contribution in [0.15, 0.2) is 81.6 Å². The Hall–Kier alpha value is -3.91. The van der Waals surface area contributed by atoms with E-state index < -0.39 is 5.91 Å². The van der Waals surface area contributed by atoms with Crippen molar-refractivity contribution < 1.29 is 13.6 Å². The number of carbonyl (C=O) groups is 1. The summed E-state index contributed by atoms with van der Waals surface area (Å²) >= 11 is 17.6. The summed E-state index contributed by atoms with van der Waals surface area (Å²) in [7, 11) is 0. The van der Waals surface area contributed by atoms with Crippen LogP contribution in [0, 0.1) is 13.8 Å². The second kappa shape index (κ2) is 10.8. The highest BCUT2D eigenvalue weighted by molar-refractivity contribution is 7.80. The number of rotatable bonds is 5. The molecule has 6 nitrogen and oxygen atoms in total. The van der Waals surface area contributed by atoms with Gasteiger partial charge in [0.15, 0.2) is 10.7 Å². The molecule has 0 radical (unpaired) electrons. The van der Waals surface area contributed by atoms with Gasteiger partial charge in [0.2, 0.25) is 11.8 Å². The minimum atomic E-state index is -0.407. The van der Waals surface area contributed by atoms with E-state index in [0.717, 1.165) is 27.8 Å². The van der Waals surface area contributed by atoms with Gasteiger partial charge in [-0.05, 0) is 97.9 Å². The minimum Gasteiger partial charge on any atom is -0.457 e. The highest BCUT2D eigenvalue weighted by atomic mass is 35.5. The van der Waals surface area contributed by atoms with Gasteiger partial charge in [-0.2, -0.15) is 0 Å². The number of hydrogen-bond donors (Lipinski definition) is 2. The first kappa shape index (κ1) is 25.7. The second-order valence-electron chi connectivity index (χ2n) is 8.61. The maximum atomic E-state index is 12.3. The Morgan fingerprint density at radius 2 is 1.79 bits per heavy atom. The number of anilines is 1. The first-order valence-corrected chi connectivity index (χ1v) is 12.8. The number of furan rings is 1. The summed E-state index contributed by atoms with van der Waals surface area (Å²) in [6.45, 7) is 4.04. The number of benzene rings is 3. The lowest BCUT2D eigenvalue weighted by Gasteiger charge is -2.08. The summed E-state index contributed by atoms with van der Waals surface area (Å²) in [6, 6.07) is 20.3. The molecule has 0 unspecified atom stereocenters. The molecule has 0 atom stereocenters. The van der Waals surface area contributed by atoms with Gasteiger partial charge >= 0.3 is 0 Å². The SMILES string of the molecule is Cc1cc(C)c2oc(-c3ccc(NC(=S)NC(=O)C=Cc4ccc(-c5cccc(Cl)c5Cl)o4)cc3)nc2c1. The Bertz CT molecular complexity index is 1700. The fourth-order valence-electron chi connectivity index (χ4n) is 3.95. The maximum Gasteiger partial charge on any atom is 0.250 e. The second-order valence-corrected chi connectivity index (χ2v) is 9.80. The Morgan fingerprint density at radius 1 is 1.00 bits per heavy atom. The molecular formula is C29H21Cl2N3O3S. The third-order valence-electron chi connectivity index (χ3n) is 5.69. The monoisotopic (exact) mass is 561 g/mol. The Labute approximate surface area is 234 Å². The van der Waals surface area contributed by atoms with Crippen LogP contribution in [0.4, 0.5) is 5.69 Å². The predicted molar refractivity (Wildman–Crippen MR) is 156 cm³/mol. The summed E-state index contributed by atoms with van der Waals surface area (Å²) in [5.41, 5.74) is 6.00. The molecule has 0 aliphatic carbocycles. The van der Waals surface area contributed by atoms with Gasteiger partial charge in [-0.1, -0.05) is 35.3 Å². The van der Waals surface area contributed by atoms with E-state index in [-0.39, 0.29) is 5.11 Å². The van der Waals surface area contributed by atoms with Gasteiger partial charge in [0.1, 0.15) is 17.0 Å². The zero-order chi connectivity index (χ0) is 26.8. The van der Waals surface area contributed by atoms with Crippen LogP contribution in [0.1, 0.15) is 16.9 Å². The molecule has 9 heteroatoms. The number of fused-ring (bicyclic) bond motifs is 1. The molecule has 5 aromatic rings. The third kappa shape index (κ3) is 5.65. The van der Waals surface area contributed by atoms with Crippen molar-refractivity contribution in [1.29, 1.82) is 0 Å². The van der Waals surface area contributed by atoms with E-state index in [1.165, 1.54) is 12.2 Å². The fraction of sp³-hybridized carbons (Fsp3) is 0.0690. The quantitative estimate of drug-likeness (QED) is 0.166. The van der Waals surface area contributed by atoms with Gasteiger partial charge in [-0.3, -0.25) is 10.1 Å². The molecule has 38 heavy (non-hydrogen) atoms. The molecule has 2 heterocycles. The van der Waals surface area contributed by atoms with Gasteiger partial charge in [0, 0.05) is 22.9 Å². The lowest BCUT2D eigenvalue weighted by molar-refractivity contribution is -0.115. The van der Waals surface area contributed by atoms with Gasteiger partial charge in [-0.25, -0.2) is 4.98 Å². The van der Waals surface area contributed by atoms with Gasteiger partial charge < -0.3 is 14.2 Å². The summed E-state index contributed by atoms with van der Waals surface area (Å²) < 4.78 is 11.7. The fourth-order valence-corrected chi connectivity index (χ4v) is 4.56. The Kier molecular flexibility index (Phi) is 7.33. The first-order valence-electron chi connectivity index (χ1n) is 11.6. The number of amides is 1. The van der Waals surface area contributed by atoms with E-state index in [2.05, 4.69) is 21.7 Å². The van der Waals surface area contributed by atoms with Crippen molar-refractivity contribution in [3.05, 3.63) is 99.7 Å². The molecule has 0 aliphatic rings. The van der Waals surface area contributed by atoms with Crippen molar-refractivity contribution in [2.45, 2.75) is 13.8 Å². The molecule has 0 saturated carbocycles. The molecular weight excluding hydrogens is 541 g/mol. The predicted octanol–water partition coefficient (Wildman–Crippen LogP) is 8.20. The largest absolute Gasteiger partial charge is 0.457 e. The van der Waals surface area contributed by atoms with Crippen LogP contribution in [0.3, 0.4) is 0 Å². The number of thiocarbonyl (C=S) groups is 1. The number of halogens is 2. The zero-order valence-corrected chi connectivity index (χ0v) is 22.7. The summed E-state index contributed by atoms with van der Waals surface area (Å²) in [5, 5.41) is 6.60. The summed E-state index contributed by atoms with van der Waals surface area (Å²) in [5.74, 6) is 1.15. The van der Waals surface area contributed by atoms with Crippen molar-refractivity contribution in [3.63, 3.8) is 0 Å². The number of aromatic nitrogens is 1.